The fraction of sp³-hybridized carbons (Fsp3) is 0.385. The molecule has 1 unspecified atom stereocenters. The first-order valence-electron chi connectivity index (χ1n) is 5.83. The van der Waals surface area contributed by atoms with Crippen molar-refractivity contribution in [1.82, 2.24) is 15.3 Å². The van der Waals surface area contributed by atoms with Gasteiger partial charge in [0.25, 0.3) is 0 Å². The molecule has 2 heterocycles. The Hall–Kier alpha value is -1.26. The first-order valence-corrected chi connectivity index (χ1v) is 6.65. The molecule has 0 aliphatic heterocycles. The van der Waals surface area contributed by atoms with Crippen LogP contribution in [0, 0.1) is 6.92 Å². The van der Waals surface area contributed by atoms with Crippen molar-refractivity contribution in [2.75, 3.05) is 6.54 Å². The molecule has 0 spiro atoms. The van der Waals surface area contributed by atoms with Crippen LogP contribution in [-0.4, -0.2) is 16.5 Å². The molecule has 0 aliphatic carbocycles. The third-order valence-electron chi connectivity index (χ3n) is 2.67. The van der Waals surface area contributed by atoms with Crippen molar-refractivity contribution in [1.29, 1.82) is 0 Å². The van der Waals surface area contributed by atoms with Gasteiger partial charge < -0.3 is 5.32 Å². The van der Waals surface area contributed by atoms with E-state index >= 15 is 0 Å². The van der Waals surface area contributed by atoms with E-state index in [-0.39, 0.29) is 0 Å². The van der Waals surface area contributed by atoms with Crippen molar-refractivity contribution >= 4 is 11.3 Å². The van der Waals surface area contributed by atoms with Crippen LogP contribution in [0.4, 0.5) is 0 Å². The Morgan fingerprint density at radius 1 is 1.41 bits per heavy atom. The third-order valence-corrected chi connectivity index (χ3v) is 3.86. The molecule has 0 saturated heterocycles. The van der Waals surface area contributed by atoms with Gasteiger partial charge in [-0.05, 0) is 32.0 Å². The molecule has 3 nitrogen and oxygen atoms in total. The van der Waals surface area contributed by atoms with Crippen LogP contribution in [-0.2, 0) is 0 Å². The lowest BCUT2D eigenvalue weighted by molar-refractivity contribution is 0.606. The van der Waals surface area contributed by atoms with E-state index in [1.54, 1.807) is 11.3 Å². The van der Waals surface area contributed by atoms with Crippen LogP contribution in [0.25, 0.3) is 10.7 Å². The highest BCUT2D eigenvalue weighted by Crippen LogP contribution is 2.28. The molecular weight excluding hydrogens is 230 g/mol. The smallest absolute Gasteiger partial charge is 0.142 e. The van der Waals surface area contributed by atoms with Crippen LogP contribution >= 0.6 is 11.3 Å². The summed E-state index contributed by atoms with van der Waals surface area (Å²) in [5.41, 5.74) is 2.16. The number of aromatic nitrogens is 2. The minimum absolute atomic E-state index is 0.357. The van der Waals surface area contributed by atoms with Gasteiger partial charge in [-0.1, -0.05) is 13.0 Å². The van der Waals surface area contributed by atoms with Crippen molar-refractivity contribution in [3.05, 3.63) is 35.0 Å². The van der Waals surface area contributed by atoms with Crippen molar-refractivity contribution in [2.45, 2.75) is 26.8 Å². The molecule has 0 fully saturated rings. The molecule has 2 aromatic rings. The maximum atomic E-state index is 4.47. The van der Waals surface area contributed by atoms with Gasteiger partial charge in [-0.2, -0.15) is 0 Å². The molecule has 1 atom stereocenters. The summed E-state index contributed by atoms with van der Waals surface area (Å²) in [7, 11) is 0. The monoisotopic (exact) mass is 247 g/mol. The lowest BCUT2D eigenvalue weighted by Gasteiger charge is -2.08. The van der Waals surface area contributed by atoms with E-state index in [1.807, 2.05) is 18.5 Å². The Morgan fingerprint density at radius 3 is 2.94 bits per heavy atom. The van der Waals surface area contributed by atoms with E-state index in [2.05, 4.69) is 42.1 Å². The SMILES string of the molecule is CCNC(C)c1cnc(-c2ncccc2C)s1. The molecule has 0 saturated carbocycles. The summed E-state index contributed by atoms with van der Waals surface area (Å²) in [6.45, 7) is 7.31. The predicted molar refractivity (Wildman–Crippen MR) is 72.2 cm³/mol. The average Bonchev–Trinajstić information content (AvgIpc) is 2.79. The second-order valence-electron chi connectivity index (χ2n) is 4.02. The van der Waals surface area contributed by atoms with Crippen LogP contribution in [0.3, 0.4) is 0 Å². The van der Waals surface area contributed by atoms with E-state index in [1.165, 1.54) is 10.4 Å². The fourth-order valence-corrected chi connectivity index (χ4v) is 2.72. The lowest BCUT2D eigenvalue weighted by Crippen LogP contribution is -2.16. The number of thiazole rings is 1. The Labute approximate surface area is 106 Å². The van der Waals surface area contributed by atoms with Gasteiger partial charge in [-0.25, -0.2) is 4.98 Å². The molecule has 0 radical (unpaired) electrons. The number of nitrogens with one attached hydrogen (secondary N) is 1. The number of nitrogens with zero attached hydrogens (tertiary/aromatic N) is 2. The summed E-state index contributed by atoms with van der Waals surface area (Å²) in [5, 5.41) is 4.39. The van der Waals surface area contributed by atoms with Crippen molar-refractivity contribution in [3.63, 3.8) is 0 Å². The molecule has 4 heteroatoms. The molecule has 90 valence electrons. The van der Waals surface area contributed by atoms with Crippen LogP contribution in [0.2, 0.25) is 0 Å². The average molecular weight is 247 g/mol. The van der Waals surface area contributed by atoms with Crippen LogP contribution < -0.4 is 5.32 Å². The van der Waals surface area contributed by atoms with E-state index < -0.39 is 0 Å². The Kier molecular flexibility index (Phi) is 3.86. The summed E-state index contributed by atoms with van der Waals surface area (Å²) in [6, 6.07) is 4.38. The standard InChI is InChI=1S/C13H17N3S/c1-4-14-10(3)11-8-16-13(17-11)12-9(2)6-5-7-15-12/h5-8,10,14H,4H2,1-3H3. The highest BCUT2D eigenvalue weighted by atomic mass is 32.1. The normalized spacial score (nSPS) is 12.6. The highest BCUT2D eigenvalue weighted by Gasteiger charge is 2.11. The molecule has 1 N–H and O–H groups in total. The van der Waals surface area contributed by atoms with Crippen LogP contribution in [0.5, 0.6) is 0 Å². The molecular formula is C13H17N3S. The minimum Gasteiger partial charge on any atom is -0.310 e. The number of aryl methyl sites for hydroxylation is 1. The summed E-state index contributed by atoms with van der Waals surface area (Å²) < 4.78 is 0. The Balaban J connectivity index is 2.27. The number of pyridine rings is 1. The molecule has 0 aromatic carbocycles. The quantitative estimate of drug-likeness (QED) is 0.901. The number of hydrogen-bond acceptors (Lipinski definition) is 4. The van der Waals surface area contributed by atoms with Crippen molar-refractivity contribution in [2.24, 2.45) is 0 Å². The van der Waals surface area contributed by atoms with Gasteiger partial charge >= 0.3 is 0 Å². The summed E-state index contributed by atoms with van der Waals surface area (Å²) >= 11 is 1.71. The fourth-order valence-electron chi connectivity index (χ4n) is 1.71. The maximum absolute atomic E-state index is 4.47. The van der Waals surface area contributed by atoms with Crippen LogP contribution in [0.15, 0.2) is 24.5 Å². The van der Waals surface area contributed by atoms with Crippen molar-refractivity contribution < 1.29 is 0 Å². The second-order valence-corrected chi connectivity index (χ2v) is 5.08. The van der Waals surface area contributed by atoms with E-state index in [0.29, 0.717) is 6.04 Å². The van der Waals surface area contributed by atoms with E-state index in [9.17, 15) is 0 Å². The topological polar surface area (TPSA) is 37.8 Å². The lowest BCUT2D eigenvalue weighted by atomic mass is 10.2. The van der Waals surface area contributed by atoms with Crippen LogP contribution in [0.1, 0.15) is 30.3 Å². The zero-order valence-corrected chi connectivity index (χ0v) is 11.2. The van der Waals surface area contributed by atoms with Gasteiger partial charge in [0, 0.05) is 23.3 Å². The van der Waals surface area contributed by atoms with E-state index in [0.717, 1.165) is 17.2 Å². The molecule has 2 aromatic heterocycles. The molecule has 0 bridgehead atoms. The number of hydrogen-bond donors (Lipinski definition) is 1. The number of rotatable bonds is 4. The summed E-state index contributed by atoms with van der Waals surface area (Å²) in [6.07, 6.45) is 3.76. The molecule has 2 rings (SSSR count). The van der Waals surface area contributed by atoms with Gasteiger partial charge in [-0.3, -0.25) is 4.98 Å². The first kappa shape index (κ1) is 12.2. The molecule has 17 heavy (non-hydrogen) atoms. The Morgan fingerprint density at radius 2 is 2.24 bits per heavy atom. The first-order chi connectivity index (χ1) is 8.22. The summed E-state index contributed by atoms with van der Waals surface area (Å²) in [4.78, 5) is 10.1. The summed E-state index contributed by atoms with van der Waals surface area (Å²) in [5.74, 6) is 0. The maximum Gasteiger partial charge on any atom is 0.142 e. The van der Waals surface area contributed by atoms with Gasteiger partial charge in [0.1, 0.15) is 10.7 Å². The minimum atomic E-state index is 0.357. The van der Waals surface area contributed by atoms with Gasteiger partial charge in [0.15, 0.2) is 0 Å². The van der Waals surface area contributed by atoms with Gasteiger partial charge in [-0.15, -0.1) is 11.3 Å². The van der Waals surface area contributed by atoms with Crippen molar-refractivity contribution in [3.8, 4) is 10.7 Å². The second kappa shape index (κ2) is 5.38. The van der Waals surface area contributed by atoms with E-state index in [4.69, 9.17) is 0 Å². The highest BCUT2D eigenvalue weighted by molar-refractivity contribution is 7.15. The largest absolute Gasteiger partial charge is 0.310 e. The Bertz CT molecular complexity index is 493. The van der Waals surface area contributed by atoms with Gasteiger partial charge in [0.05, 0.1) is 0 Å². The van der Waals surface area contributed by atoms with Gasteiger partial charge in [0.2, 0.25) is 0 Å². The molecule has 0 aliphatic rings. The molecule has 0 amide bonds. The zero-order valence-electron chi connectivity index (χ0n) is 10.4. The predicted octanol–water partition coefficient (Wildman–Crippen LogP) is 3.18. The third kappa shape index (κ3) is 2.70. The zero-order chi connectivity index (χ0) is 12.3.